The molecule has 0 N–H and O–H groups in total. The van der Waals surface area contributed by atoms with Gasteiger partial charge >= 0.3 is 6.18 Å². The molecule has 3 aromatic carbocycles. The fraction of sp³-hybridized carbons (Fsp3) is 0.0952. The van der Waals surface area contributed by atoms with Gasteiger partial charge < -0.3 is 4.42 Å². The van der Waals surface area contributed by atoms with Crippen LogP contribution in [0.15, 0.2) is 76.4 Å². The van der Waals surface area contributed by atoms with E-state index in [0.717, 1.165) is 17.7 Å². The molecule has 0 aliphatic rings. The Kier molecular flexibility index (Phi) is 4.85. The van der Waals surface area contributed by atoms with E-state index in [1.54, 1.807) is 36.4 Å². The number of fused-ring (bicyclic) bond motifs is 1. The normalized spacial score (nSPS) is 11.9. The van der Waals surface area contributed by atoms with Crippen molar-refractivity contribution < 1.29 is 22.0 Å². The van der Waals surface area contributed by atoms with Gasteiger partial charge in [0.05, 0.1) is 5.56 Å². The highest BCUT2D eigenvalue weighted by molar-refractivity contribution is 7.98. The van der Waals surface area contributed by atoms with Gasteiger partial charge in [-0.25, -0.2) is 9.37 Å². The second-order valence-electron chi connectivity index (χ2n) is 6.10. The van der Waals surface area contributed by atoms with Gasteiger partial charge in [-0.05, 0) is 29.8 Å². The van der Waals surface area contributed by atoms with Crippen LogP contribution in [-0.2, 0) is 11.9 Å². The summed E-state index contributed by atoms with van der Waals surface area (Å²) >= 11 is 1.27. The van der Waals surface area contributed by atoms with Crippen molar-refractivity contribution >= 4 is 22.9 Å². The van der Waals surface area contributed by atoms with Crippen LogP contribution in [0.2, 0.25) is 0 Å². The molecule has 7 heteroatoms. The zero-order chi connectivity index (χ0) is 19.7. The number of alkyl halides is 3. The lowest BCUT2D eigenvalue weighted by Gasteiger charge is -2.06. The van der Waals surface area contributed by atoms with Crippen molar-refractivity contribution in [2.24, 2.45) is 0 Å². The third-order valence-corrected chi connectivity index (χ3v) is 5.11. The lowest BCUT2D eigenvalue weighted by Crippen LogP contribution is -2.04. The summed E-state index contributed by atoms with van der Waals surface area (Å²) in [4.78, 5) is 4.45. The van der Waals surface area contributed by atoms with Crippen LogP contribution in [0.25, 0.3) is 22.2 Å². The second-order valence-corrected chi connectivity index (χ2v) is 7.02. The molecule has 28 heavy (non-hydrogen) atoms. The molecule has 0 saturated carbocycles. The smallest absolute Gasteiger partial charge is 0.416 e. The highest BCUT2D eigenvalue weighted by Gasteiger charge is 2.29. The Morgan fingerprint density at radius 3 is 2.29 bits per heavy atom. The summed E-state index contributed by atoms with van der Waals surface area (Å²) in [6.07, 6.45) is -4.35. The SMILES string of the molecule is Fc1ccccc1-c1cccc2oc(SCc3ccc(C(F)(F)F)cc3)nc12. The molecule has 0 aliphatic heterocycles. The number of nitrogens with zero attached hydrogens (tertiary/aromatic N) is 1. The Morgan fingerprint density at radius 2 is 1.57 bits per heavy atom. The average Bonchev–Trinajstić information content (AvgIpc) is 3.10. The van der Waals surface area contributed by atoms with Crippen molar-refractivity contribution in [3.05, 3.63) is 83.7 Å². The summed E-state index contributed by atoms with van der Waals surface area (Å²) in [5.41, 5.74) is 2.16. The van der Waals surface area contributed by atoms with Crippen LogP contribution in [-0.4, -0.2) is 4.98 Å². The molecule has 0 spiro atoms. The minimum absolute atomic E-state index is 0.350. The number of hydrogen-bond acceptors (Lipinski definition) is 3. The summed E-state index contributed by atoms with van der Waals surface area (Å²) in [5, 5.41) is 0.374. The number of hydrogen-bond donors (Lipinski definition) is 0. The molecule has 1 aromatic heterocycles. The summed E-state index contributed by atoms with van der Waals surface area (Å²) in [5.74, 6) is 0.0527. The molecule has 0 atom stereocenters. The van der Waals surface area contributed by atoms with Crippen LogP contribution < -0.4 is 0 Å². The van der Waals surface area contributed by atoms with Crippen LogP contribution in [0.4, 0.5) is 17.6 Å². The van der Waals surface area contributed by atoms with E-state index >= 15 is 0 Å². The van der Waals surface area contributed by atoms with E-state index in [-0.39, 0.29) is 5.82 Å². The first-order valence-corrected chi connectivity index (χ1v) is 9.34. The third-order valence-electron chi connectivity index (χ3n) is 4.21. The maximum absolute atomic E-state index is 14.2. The molecular formula is C21H13F4NOS. The second kappa shape index (κ2) is 7.31. The van der Waals surface area contributed by atoms with Gasteiger partial charge in [-0.15, -0.1) is 0 Å². The maximum atomic E-state index is 14.2. The van der Waals surface area contributed by atoms with Crippen molar-refractivity contribution in [3.8, 4) is 11.1 Å². The Hall–Kier alpha value is -2.80. The zero-order valence-electron chi connectivity index (χ0n) is 14.3. The molecule has 0 aliphatic carbocycles. The van der Waals surface area contributed by atoms with Crippen LogP contribution >= 0.6 is 11.8 Å². The number of benzene rings is 3. The van der Waals surface area contributed by atoms with Crippen LogP contribution in [0, 0.1) is 5.82 Å². The van der Waals surface area contributed by atoms with Gasteiger partial charge in [0.1, 0.15) is 11.3 Å². The number of aromatic nitrogens is 1. The number of rotatable bonds is 4. The summed E-state index contributed by atoms with van der Waals surface area (Å²) in [7, 11) is 0. The average molecular weight is 403 g/mol. The third kappa shape index (κ3) is 3.75. The van der Waals surface area contributed by atoms with Gasteiger partial charge in [0.15, 0.2) is 5.58 Å². The van der Waals surface area contributed by atoms with Crippen LogP contribution in [0.5, 0.6) is 0 Å². The van der Waals surface area contributed by atoms with Crippen molar-refractivity contribution in [2.75, 3.05) is 0 Å². The Morgan fingerprint density at radius 1 is 0.857 bits per heavy atom. The first-order valence-electron chi connectivity index (χ1n) is 8.35. The Labute approximate surface area is 162 Å². The standard InChI is InChI=1S/C21H13F4NOS/c22-17-6-2-1-4-15(17)16-5-3-7-18-19(16)26-20(27-18)28-12-13-8-10-14(11-9-13)21(23,24)25/h1-11H,12H2. The maximum Gasteiger partial charge on any atom is 0.416 e. The molecule has 4 aromatic rings. The van der Waals surface area contributed by atoms with E-state index < -0.39 is 11.7 Å². The number of halogens is 4. The zero-order valence-corrected chi connectivity index (χ0v) is 15.2. The molecule has 0 unspecified atom stereocenters. The number of oxazole rings is 1. The van der Waals surface area contributed by atoms with Gasteiger partial charge in [0.2, 0.25) is 0 Å². The fourth-order valence-corrected chi connectivity index (χ4v) is 3.61. The van der Waals surface area contributed by atoms with E-state index in [0.29, 0.717) is 33.2 Å². The number of thioether (sulfide) groups is 1. The molecule has 0 saturated heterocycles. The monoisotopic (exact) mass is 403 g/mol. The van der Waals surface area contributed by atoms with Gasteiger partial charge in [0.25, 0.3) is 5.22 Å². The van der Waals surface area contributed by atoms with Crippen LogP contribution in [0.3, 0.4) is 0 Å². The quantitative estimate of drug-likeness (QED) is 0.273. The molecule has 0 amide bonds. The van der Waals surface area contributed by atoms with E-state index in [1.165, 1.54) is 30.0 Å². The molecule has 2 nitrogen and oxygen atoms in total. The number of para-hydroxylation sites is 1. The fourth-order valence-electron chi connectivity index (χ4n) is 2.82. The van der Waals surface area contributed by atoms with Crippen molar-refractivity contribution in [2.45, 2.75) is 17.2 Å². The molecule has 4 rings (SSSR count). The molecule has 142 valence electrons. The minimum Gasteiger partial charge on any atom is -0.431 e. The summed E-state index contributed by atoms with van der Waals surface area (Å²) < 4.78 is 57.8. The predicted octanol–water partition coefficient (Wildman–Crippen LogP) is 6.95. The first-order chi connectivity index (χ1) is 13.4. The molecule has 0 fully saturated rings. The molecular weight excluding hydrogens is 390 g/mol. The topological polar surface area (TPSA) is 26.0 Å². The summed E-state index contributed by atoms with van der Waals surface area (Å²) in [6, 6.07) is 16.7. The van der Waals surface area contributed by atoms with E-state index in [9.17, 15) is 17.6 Å². The highest BCUT2D eigenvalue weighted by Crippen LogP contribution is 2.34. The van der Waals surface area contributed by atoms with Gasteiger partial charge in [-0.2, -0.15) is 13.2 Å². The van der Waals surface area contributed by atoms with Crippen molar-refractivity contribution in [1.82, 2.24) is 4.98 Å². The van der Waals surface area contributed by atoms with Gasteiger partial charge in [-0.1, -0.05) is 54.2 Å². The van der Waals surface area contributed by atoms with Crippen molar-refractivity contribution in [3.63, 3.8) is 0 Å². The van der Waals surface area contributed by atoms with Gasteiger partial charge in [0, 0.05) is 16.9 Å². The minimum atomic E-state index is -4.35. The first kappa shape index (κ1) is 18.6. The molecule has 0 radical (unpaired) electrons. The summed E-state index contributed by atoms with van der Waals surface area (Å²) in [6.45, 7) is 0. The molecule has 0 bridgehead atoms. The lowest BCUT2D eigenvalue weighted by atomic mass is 10.0. The predicted molar refractivity (Wildman–Crippen MR) is 100 cm³/mol. The Bertz CT molecular complexity index is 1120. The lowest BCUT2D eigenvalue weighted by molar-refractivity contribution is -0.137. The van der Waals surface area contributed by atoms with Crippen molar-refractivity contribution in [1.29, 1.82) is 0 Å². The largest absolute Gasteiger partial charge is 0.431 e. The van der Waals surface area contributed by atoms with E-state index in [1.807, 2.05) is 0 Å². The van der Waals surface area contributed by atoms with Gasteiger partial charge in [-0.3, -0.25) is 0 Å². The molecule has 1 heterocycles. The van der Waals surface area contributed by atoms with Crippen LogP contribution in [0.1, 0.15) is 11.1 Å². The van der Waals surface area contributed by atoms with E-state index in [4.69, 9.17) is 4.42 Å². The highest BCUT2D eigenvalue weighted by atomic mass is 32.2. The Balaban J connectivity index is 1.57. The van der Waals surface area contributed by atoms with E-state index in [2.05, 4.69) is 4.98 Å².